The first-order chi connectivity index (χ1) is 10.1. The molecule has 1 aromatic carbocycles. The Labute approximate surface area is 123 Å². The van der Waals surface area contributed by atoms with Gasteiger partial charge in [0.1, 0.15) is 6.10 Å². The van der Waals surface area contributed by atoms with Crippen molar-refractivity contribution in [1.82, 2.24) is 9.88 Å². The first-order valence-electron chi connectivity index (χ1n) is 7.11. The largest absolute Gasteiger partial charge is 0.478 e. The van der Waals surface area contributed by atoms with Gasteiger partial charge in [0.25, 0.3) is 0 Å². The highest BCUT2D eigenvalue weighted by atomic mass is 16.5. The number of nitrogens with zero attached hydrogens (tertiary/aromatic N) is 2. The van der Waals surface area contributed by atoms with E-state index in [1.165, 1.54) is 6.20 Å². The fourth-order valence-electron chi connectivity index (χ4n) is 2.69. The van der Waals surface area contributed by atoms with Crippen molar-refractivity contribution < 1.29 is 14.6 Å². The summed E-state index contributed by atoms with van der Waals surface area (Å²) in [4.78, 5) is 17.8. The lowest BCUT2D eigenvalue weighted by Crippen LogP contribution is -2.35. The van der Waals surface area contributed by atoms with E-state index in [4.69, 9.17) is 4.74 Å². The second-order valence-electron chi connectivity index (χ2n) is 5.45. The molecule has 2 heterocycles. The van der Waals surface area contributed by atoms with Crippen molar-refractivity contribution >= 4 is 16.7 Å². The maximum atomic E-state index is 11.3. The predicted molar refractivity (Wildman–Crippen MR) is 79.8 cm³/mol. The van der Waals surface area contributed by atoms with Crippen LogP contribution in [-0.2, 0) is 0 Å². The number of aromatic nitrogens is 1. The van der Waals surface area contributed by atoms with Crippen LogP contribution in [0.4, 0.5) is 0 Å². The molecule has 5 heteroatoms. The molecule has 21 heavy (non-hydrogen) atoms. The summed E-state index contributed by atoms with van der Waals surface area (Å²) in [5.74, 6) is -0.435. The van der Waals surface area contributed by atoms with E-state index in [1.807, 2.05) is 18.2 Å². The summed E-state index contributed by atoms with van der Waals surface area (Å²) < 4.78 is 6.02. The number of hydrogen-bond donors (Lipinski definition) is 1. The zero-order valence-corrected chi connectivity index (χ0v) is 12.0. The van der Waals surface area contributed by atoms with Crippen molar-refractivity contribution in [1.29, 1.82) is 0 Å². The van der Waals surface area contributed by atoms with Gasteiger partial charge in [0.2, 0.25) is 5.88 Å². The Morgan fingerprint density at radius 3 is 2.62 bits per heavy atom. The van der Waals surface area contributed by atoms with E-state index < -0.39 is 5.97 Å². The standard InChI is InChI=1S/C16H18N2O3/c1-18-8-6-11(7-9-18)21-15-13-5-3-2-4-12(13)14(10-17-15)16(19)20/h2-5,10-11H,6-9H2,1H3,(H,19,20). The summed E-state index contributed by atoms with van der Waals surface area (Å²) in [7, 11) is 2.10. The van der Waals surface area contributed by atoms with Crippen molar-refractivity contribution in [3.63, 3.8) is 0 Å². The van der Waals surface area contributed by atoms with Crippen LogP contribution in [0.2, 0.25) is 0 Å². The molecule has 0 bridgehead atoms. The van der Waals surface area contributed by atoms with E-state index in [0.29, 0.717) is 11.3 Å². The minimum Gasteiger partial charge on any atom is -0.478 e. The van der Waals surface area contributed by atoms with E-state index in [0.717, 1.165) is 31.3 Å². The quantitative estimate of drug-likeness (QED) is 0.938. The third-order valence-corrected chi connectivity index (χ3v) is 3.93. The number of carbonyl (C=O) groups is 1. The van der Waals surface area contributed by atoms with Crippen LogP contribution >= 0.6 is 0 Å². The zero-order chi connectivity index (χ0) is 14.8. The van der Waals surface area contributed by atoms with Crippen molar-refractivity contribution in [2.24, 2.45) is 0 Å². The first-order valence-corrected chi connectivity index (χ1v) is 7.11. The number of carboxylic acid groups (broad SMARTS) is 1. The number of carboxylic acids is 1. The molecular weight excluding hydrogens is 268 g/mol. The molecule has 0 saturated carbocycles. The van der Waals surface area contributed by atoms with Gasteiger partial charge in [-0.1, -0.05) is 18.2 Å². The second-order valence-corrected chi connectivity index (χ2v) is 5.45. The third kappa shape index (κ3) is 2.83. The van der Waals surface area contributed by atoms with Gasteiger partial charge >= 0.3 is 5.97 Å². The minimum absolute atomic E-state index is 0.146. The molecule has 0 aliphatic carbocycles. The fraction of sp³-hybridized carbons (Fsp3) is 0.375. The van der Waals surface area contributed by atoms with Gasteiger partial charge in [0, 0.05) is 30.1 Å². The highest BCUT2D eigenvalue weighted by Crippen LogP contribution is 2.28. The molecule has 110 valence electrons. The van der Waals surface area contributed by atoms with Gasteiger partial charge in [-0.2, -0.15) is 0 Å². The van der Waals surface area contributed by atoms with Crippen LogP contribution in [0.5, 0.6) is 5.88 Å². The van der Waals surface area contributed by atoms with Crippen LogP contribution in [0.25, 0.3) is 10.8 Å². The summed E-state index contributed by atoms with van der Waals surface area (Å²) in [5.41, 5.74) is 0.210. The van der Waals surface area contributed by atoms with Crippen LogP contribution in [0.1, 0.15) is 23.2 Å². The van der Waals surface area contributed by atoms with Crippen LogP contribution in [0.3, 0.4) is 0 Å². The summed E-state index contributed by atoms with van der Waals surface area (Å²) in [5, 5.41) is 10.7. The van der Waals surface area contributed by atoms with Gasteiger partial charge < -0.3 is 14.7 Å². The Bertz CT molecular complexity index is 664. The summed E-state index contributed by atoms with van der Waals surface area (Å²) in [6, 6.07) is 7.35. The van der Waals surface area contributed by atoms with E-state index in [9.17, 15) is 9.90 Å². The van der Waals surface area contributed by atoms with Crippen molar-refractivity contribution in [3.8, 4) is 5.88 Å². The van der Waals surface area contributed by atoms with Crippen LogP contribution < -0.4 is 4.74 Å². The molecule has 0 radical (unpaired) electrons. The Balaban J connectivity index is 1.93. The highest BCUT2D eigenvalue weighted by molar-refractivity contribution is 6.04. The first kappa shape index (κ1) is 13.8. The Morgan fingerprint density at radius 2 is 1.95 bits per heavy atom. The Hall–Kier alpha value is -2.14. The van der Waals surface area contributed by atoms with E-state index in [1.54, 1.807) is 6.07 Å². The molecule has 1 aromatic heterocycles. The van der Waals surface area contributed by atoms with Crippen LogP contribution in [-0.4, -0.2) is 47.2 Å². The van der Waals surface area contributed by atoms with Gasteiger partial charge in [-0.25, -0.2) is 9.78 Å². The molecule has 0 amide bonds. The molecule has 1 fully saturated rings. The molecule has 1 saturated heterocycles. The predicted octanol–water partition coefficient (Wildman–Crippen LogP) is 2.41. The normalized spacial score (nSPS) is 17.0. The number of ether oxygens (including phenoxy) is 1. The second kappa shape index (κ2) is 5.69. The topological polar surface area (TPSA) is 62.7 Å². The molecule has 1 aliphatic rings. The van der Waals surface area contributed by atoms with Gasteiger partial charge in [0.15, 0.2) is 0 Å². The molecular formula is C16H18N2O3. The maximum Gasteiger partial charge on any atom is 0.337 e. The molecule has 1 N–H and O–H groups in total. The maximum absolute atomic E-state index is 11.3. The number of aromatic carboxylic acids is 1. The lowest BCUT2D eigenvalue weighted by molar-refractivity contribution is 0.0698. The van der Waals surface area contributed by atoms with Gasteiger partial charge in [-0.05, 0) is 26.0 Å². The molecule has 5 nitrogen and oxygen atoms in total. The monoisotopic (exact) mass is 286 g/mol. The molecule has 0 unspecified atom stereocenters. The third-order valence-electron chi connectivity index (χ3n) is 3.93. The van der Waals surface area contributed by atoms with Crippen molar-refractivity contribution in [2.45, 2.75) is 18.9 Å². The lowest BCUT2D eigenvalue weighted by atomic mass is 10.1. The number of pyridine rings is 1. The lowest BCUT2D eigenvalue weighted by Gasteiger charge is -2.29. The molecule has 3 rings (SSSR count). The number of rotatable bonds is 3. The average Bonchev–Trinajstić information content (AvgIpc) is 2.49. The van der Waals surface area contributed by atoms with Gasteiger partial charge in [-0.15, -0.1) is 0 Å². The van der Waals surface area contributed by atoms with E-state index in [-0.39, 0.29) is 11.7 Å². The smallest absolute Gasteiger partial charge is 0.337 e. The summed E-state index contributed by atoms with van der Waals surface area (Å²) in [6.45, 7) is 2.02. The fourth-order valence-corrected chi connectivity index (χ4v) is 2.69. The number of benzene rings is 1. The number of likely N-dealkylation sites (tertiary alicyclic amines) is 1. The highest BCUT2D eigenvalue weighted by Gasteiger charge is 2.20. The number of piperidine rings is 1. The molecule has 0 atom stereocenters. The Morgan fingerprint density at radius 1 is 1.29 bits per heavy atom. The molecule has 1 aliphatic heterocycles. The SMILES string of the molecule is CN1CCC(Oc2ncc(C(=O)O)c3ccccc23)CC1. The summed E-state index contributed by atoms with van der Waals surface area (Å²) >= 11 is 0. The zero-order valence-electron chi connectivity index (χ0n) is 12.0. The molecule has 2 aromatic rings. The van der Waals surface area contributed by atoms with Gasteiger partial charge in [-0.3, -0.25) is 0 Å². The average molecular weight is 286 g/mol. The van der Waals surface area contributed by atoms with E-state index in [2.05, 4.69) is 16.9 Å². The van der Waals surface area contributed by atoms with Crippen LogP contribution in [0.15, 0.2) is 30.5 Å². The van der Waals surface area contributed by atoms with Crippen molar-refractivity contribution in [2.75, 3.05) is 20.1 Å². The van der Waals surface area contributed by atoms with Crippen LogP contribution in [0, 0.1) is 0 Å². The van der Waals surface area contributed by atoms with E-state index >= 15 is 0 Å². The Kier molecular flexibility index (Phi) is 3.75. The summed E-state index contributed by atoms with van der Waals surface area (Å²) in [6.07, 6.45) is 3.46. The minimum atomic E-state index is -0.968. The number of hydrogen-bond acceptors (Lipinski definition) is 4. The van der Waals surface area contributed by atoms with Gasteiger partial charge in [0.05, 0.1) is 5.56 Å². The molecule has 0 spiro atoms. The van der Waals surface area contributed by atoms with Crippen molar-refractivity contribution in [3.05, 3.63) is 36.0 Å². The number of fused-ring (bicyclic) bond motifs is 1.